The Labute approximate surface area is 123 Å². The lowest BCUT2D eigenvalue weighted by molar-refractivity contribution is 0.192. The Morgan fingerprint density at radius 2 is 1.95 bits per heavy atom. The summed E-state index contributed by atoms with van der Waals surface area (Å²) in [7, 11) is 0. The summed E-state index contributed by atoms with van der Waals surface area (Å²) in [5, 5.41) is 3.70. The lowest BCUT2D eigenvalue weighted by atomic mass is 10.00. The second-order valence-corrected chi connectivity index (χ2v) is 6.82. The Balaban J connectivity index is 1.74. The van der Waals surface area contributed by atoms with E-state index in [4.69, 9.17) is 0 Å². The van der Waals surface area contributed by atoms with E-state index in [1.54, 1.807) is 0 Å². The third-order valence-corrected chi connectivity index (χ3v) is 5.04. The van der Waals surface area contributed by atoms with Crippen LogP contribution >= 0.6 is 0 Å². The van der Waals surface area contributed by atoms with Gasteiger partial charge in [-0.2, -0.15) is 0 Å². The van der Waals surface area contributed by atoms with Crippen LogP contribution in [0.5, 0.6) is 0 Å². The van der Waals surface area contributed by atoms with Gasteiger partial charge >= 0.3 is 0 Å². The minimum Gasteiger partial charge on any atom is -0.309 e. The number of nitrogens with one attached hydrogen (secondary N) is 1. The predicted molar refractivity (Wildman–Crippen MR) is 85.0 cm³/mol. The third-order valence-electron chi connectivity index (χ3n) is 5.04. The molecule has 1 aromatic rings. The van der Waals surface area contributed by atoms with E-state index in [0.29, 0.717) is 6.04 Å². The van der Waals surface area contributed by atoms with Gasteiger partial charge in [-0.15, -0.1) is 0 Å². The zero-order chi connectivity index (χ0) is 14.1. The van der Waals surface area contributed by atoms with Gasteiger partial charge in [-0.05, 0) is 51.1 Å². The minimum atomic E-state index is 0.484. The molecule has 110 valence electrons. The molecule has 3 rings (SSSR count). The Bertz CT molecular complexity index is 448. The molecule has 2 heteroatoms. The van der Waals surface area contributed by atoms with E-state index in [9.17, 15) is 0 Å². The zero-order valence-corrected chi connectivity index (χ0v) is 13.2. The highest BCUT2D eigenvalue weighted by Gasteiger charge is 2.38. The third kappa shape index (κ3) is 2.91. The summed E-state index contributed by atoms with van der Waals surface area (Å²) in [4.78, 5) is 2.74. The number of hydrogen-bond acceptors (Lipinski definition) is 2. The van der Waals surface area contributed by atoms with Crippen molar-refractivity contribution in [2.45, 2.75) is 52.1 Å². The fourth-order valence-corrected chi connectivity index (χ4v) is 4.23. The van der Waals surface area contributed by atoms with Crippen molar-refractivity contribution in [1.82, 2.24) is 10.2 Å². The second-order valence-electron chi connectivity index (χ2n) is 6.82. The van der Waals surface area contributed by atoms with Gasteiger partial charge in [-0.1, -0.05) is 36.2 Å². The molecular weight excluding hydrogens is 244 g/mol. The molecule has 1 aliphatic carbocycles. The van der Waals surface area contributed by atoms with E-state index in [-0.39, 0.29) is 0 Å². The predicted octanol–water partition coefficient (Wildman–Crippen LogP) is 3.44. The van der Waals surface area contributed by atoms with Crippen LogP contribution in [0.25, 0.3) is 0 Å². The van der Waals surface area contributed by atoms with Crippen molar-refractivity contribution in [2.24, 2.45) is 5.92 Å². The summed E-state index contributed by atoms with van der Waals surface area (Å²) in [5.41, 5.74) is 4.23. The molecule has 2 nitrogen and oxygen atoms in total. The van der Waals surface area contributed by atoms with Crippen LogP contribution in [0.1, 0.15) is 48.9 Å². The van der Waals surface area contributed by atoms with Gasteiger partial charge in [0, 0.05) is 25.2 Å². The normalized spacial score (nSPS) is 27.1. The average Bonchev–Trinajstić information content (AvgIpc) is 2.99. The summed E-state index contributed by atoms with van der Waals surface area (Å²) in [5.74, 6) is 0.988. The van der Waals surface area contributed by atoms with E-state index in [2.05, 4.69) is 49.2 Å². The number of nitrogens with zero attached hydrogens (tertiary/aromatic N) is 1. The van der Waals surface area contributed by atoms with Crippen LogP contribution in [0.3, 0.4) is 0 Å². The summed E-state index contributed by atoms with van der Waals surface area (Å²) in [6.07, 6.45) is 4.35. The van der Waals surface area contributed by atoms with Gasteiger partial charge in [-0.3, -0.25) is 4.90 Å². The van der Waals surface area contributed by atoms with E-state index >= 15 is 0 Å². The molecule has 1 N–H and O–H groups in total. The molecule has 0 radical (unpaired) electrons. The van der Waals surface area contributed by atoms with Crippen molar-refractivity contribution in [3.63, 3.8) is 0 Å². The van der Waals surface area contributed by atoms with E-state index < -0.39 is 0 Å². The van der Waals surface area contributed by atoms with Crippen LogP contribution in [0, 0.1) is 19.8 Å². The molecule has 20 heavy (non-hydrogen) atoms. The first-order chi connectivity index (χ1) is 9.65. The molecular formula is C18H28N2. The smallest absolute Gasteiger partial charge is 0.0449 e. The number of aryl methyl sites for hydroxylation is 2. The highest BCUT2D eigenvalue weighted by atomic mass is 15.2. The molecule has 2 fully saturated rings. The Kier molecular flexibility index (Phi) is 4.13. The lowest BCUT2D eigenvalue weighted by Crippen LogP contribution is -2.39. The summed E-state index contributed by atoms with van der Waals surface area (Å²) in [6, 6.07) is 8.33. The highest BCUT2D eigenvalue weighted by Crippen LogP contribution is 2.38. The van der Waals surface area contributed by atoms with Crippen molar-refractivity contribution < 1.29 is 0 Å². The van der Waals surface area contributed by atoms with Gasteiger partial charge in [-0.25, -0.2) is 0 Å². The Morgan fingerprint density at radius 1 is 1.20 bits per heavy atom. The standard InChI is InChI=1S/C18H28N2/c1-4-19-18(16-8-13(2)7-14(3)9-16)12-20-11-15-5-6-17(20)10-15/h7-9,15,17-19H,4-6,10-12H2,1-3H3. The SMILES string of the molecule is CCNC(CN1CC2CCC1C2)c1cc(C)cc(C)c1. The average molecular weight is 272 g/mol. The van der Waals surface area contributed by atoms with Crippen molar-refractivity contribution in [3.05, 3.63) is 34.9 Å². The number of fused-ring (bicyclic) bond motifs is 2. The van der Waals surface area contributed by atoms with Gasteiger partial charge in [0.2, 0.25) is 0 Å². The van der Waals surface area contributed by atoms with E-state index in [1.807, 2.05) is 0 Å². The molecule has 1 aliphatic heterocycles. The van der Waals surface area contributed by atoms with Crippen LogP contribution < -0.4 is 5.32 Å². The quantitative estimate of drug-likeness (QED) is 0.883. The number of rotatable bonds is 5. The van der Waals surface area contributed by atoms with Crippen LogP contribution in [0.2, 0.25) is 0 Å². The fraction of sp³-hybridized carbons (Fsp3) is 0.667. The molecule has 0 spiro atoms. The molecule has 2 bridgehead atoms. The number of likely N-dealkylation sites (tertiary alicyclic amines) is 1. The first-order valence-electron chi connectivity index (χ1n) is 8.21. The largest absolute Gasteiger partial charge is 0.309 e. The molecule has 1 aromatic carbocycles. The van der Waals surface area contributed by atoms with Gasteiger partial charge in [0.25, 0.3) is 0 Å². The molecule has 2 aliphatic rings. The van der Waals surface area contributed by atoms with Gasteiger partial charge in [0.05, 0.1) is 0 Å². The minimum absolute atomic E-state index is 0.484. The maximum Gasteiger partial charge on any atom is 0.0449 e. The Hall–Kier alpha value is -0.860. The molecule has 3 unspecified atom stereocenters. The highest BCUT2D eigenvalue weighted by molar-refractivity contribution is 5.31. The summed E-state index contributed by atoms with van der Waals surface area (Å²) >= 11 is 0. The van der Waals surface area contributed by atoms with Crippen LogP contribution in [-0.2, 0) is 0 Å². The fourth-order valence-electron chi connectivity index (χ4n) is 4.23. The molecule has 3 atom stereocenters. The lowest BCUT2D eigenvalue weighted by Gasteiger charge is -2.31. The van der Waals surface area contributed by atoms with Crippen LogP contribution in [-0.4, -0.2) is 30.6 Å². The van der Waals surface area contributed by atoms with Crippen molar-refractivity contribution in [2.75, 3.05) is 19.6 Å². The van der Waals surface area contributed by atoms with E-state index in [1.165, 1.54) is 49.0 Å². The van der Waals surface area contributed by atoms with Crippen molar-refractivity contribution in [1.29, 1.82) is 0 Å². The van der Waals surface area contributed by atoms with Crippen molar-refractivity contribution in [3.8, 4) is 0 Å². The van der Waals surface area contributed by atoms with Gasteiger partial charge in [0.15, 0.2) is 0 Å². The van der Waals surface area contributed by atoms with Gasteiger partial charge < -0.3 is 5.32 Å². The second kappa shape index (κ2) is 5.87. The first-order valence-corrected chi connectivity index (χ1v) is 8.21. The topological polar surface area (TPSA) is 15.3 Å². The molecule has 0 amide bonds. The number of likely N-dealkylation sites (N-methyl/N-ethyl adjacent to an activating group) is 1. The summed E-state index contributed by atoms with van der Waals surface area (Å²) in [6.45, 7) is 10.2. The number of hydrogen-bond donors (Lipinski definition) is 1. The van der Waals surface area contributed by atoms with Gasteiger partial charge in [0.1, 0.15) is 0 Å². The van der Waals surface area contributed by atoms with E-state index in [0.717, 1.165) is 18.5 Å². The van der Waals surface area contributed by atoms with Crippen LogP contribution in [0.4, 0.5) is 0 Å². The maximum atomic E-state index is 3.70. The van der Waals surface area contributed by atoms with Crippen LogP contribution in [0.15, 0.2) is 18.2 Å². The monoisotopic (exact) mass is 272 g/mol. The first kappa shape index (κ1) is 14.1. The maximum absolute atomic E-state index is 3.70. The number of piperidine rings is 1. The number of benzene rings is 1. The Morgan fingerprint density at radius 3 is 2.50 bits per heavy atom. The summed E-state index contributed by atoms with van der Waals surface area (Å²) < 4.78 is 0. The van der Waals surface area contributed by atoms with Crippen molar-refractivity contribution >= 4 is 0 Å². The molecule has 1 heterocycles. The molecule has 0 aromatic heterocycles. The zero-order valence-electron chi connectivity index (χ0n) is 13.2. The molecule has 1 saturated carbocycles. The molecule has 1 saturated heterocycles.